The van der Waals surface area contributed by atoms with Gasteiger partial charge >= 0.3 is 0 Å². The van der Waals surface area contributed by atoms with Gasteiger partial charge in [0.15, 0.2) is 0 Å². The van der Waals surface area contributed by atoms with Crippen LogP contribution in [0.25, 0.3) is 11.3 Å². The first-order chi connectivity index (χ1) is 8.47. The molecule has 96 valence electrons. The minimum absolute atomic E-state index is 0.0242. The van der Waals surface area contributed by atoms with Gasteiger partial charge in [0.2, 0.25) is 0 Å². The molecule has 2 nitrogen and oxygen atoms in total. The predicted octanol–water partition coefficient (Wildman–Crippen LogP) is 4.39. The zero-order valence-electron chi connectivity index (χ0n) is 9.71. The molecule has 18 heavy (non-hydrogen) atoms. The van der Waals surface area contributed by atoms with Crippen LogP contribution in [-0.4, -0.2) is 6.04 Å². The summed E-state index contributed by atoms with van der Waals surface area (Å²) in [4.78, 5) is 0. The summed E-state index contributed by atoms with van der Waals surface area (Å²) in [5, 5.41) is 0.309. The molecule has 1 atom stereocenters. The molecule has 1 unspecified atom stereocenters. The summed E-state index contributed by atoms with van der Waals surface area (Å²) in [5.74, 6) is 0.993. The smallest absolute Gasteiger partial charge is 0.136 e. The lowest BCUT2D eigenvalue weighted by Crippen LogP contribution is -2.17. The minimum atomic E-state index is -0.391. The summed E-state index contributed by atoms with van der Waals surface area (Å²) < 4.78 is 19.4. The summed E-state index contributed by atoms with van der Waals surface area (Å²) >= 11 is 9.32. The van der Waals surface area contributed by atoms with Crippen molar-refractivity contribution in [1.29, 1.82) is 0 Å². The van der Waals surface area contributed by atoms with E-state index in [1.807, 2.05) is 19.1 Å². The molecule has 1 aromatic heterocycles. The van der Waals surface area contributed by atoms with Crippen LogP contribution in [0, 0.1) is 5.82 Å². The average Bonchev–Trinajstić information content (AvgIpc) is 2.63. The summed E-state index contributed by atoms with van der Waals surface area (Å²) in [6, 6.07) is 6.30. The molecule has 2 rings (SSSR count). The molecule has 2 N–H and O–H groups in total. The highest BCUT2D eigenvalue weighted by molar-refractivity contribution is 9.10. The molecule has 0 radical (unpaired) electrons. The Balaban J connectivity index is 2.40. The molecule has 1 aromatic carbocycles. The maximum Gasteiger partial charge on any atom is 0.136 e. The van der Waals surface area contributed by atoms with Gasteiger partial charge in [-0.15, -0.1) is 0 Å². The highest BCUT2D eigenvalue weighted by Crippen LogP contribution is 2.36. The molecule has 0 amide bonds. The van der Waals surface area contributed by atoms with Crippen molar-refractivity contribution in [3.8, 4) is 11.3 Å². The Kier molecular flexibility index (Phi) is 4.10. The van der Waals surface area contributed by atoms with Crippen molar-refractivity contribution in [3.05, 3.63) is 45.3 Å². The molecule has 1 heterocycles. The highest BCUT2D eigenvalue weighted by Gasteiger charge is 2.14. The Morgan fingerprint density at radius 3 is 2.78 bits per heavy atom. The van der Waals surface area contributed by atoms with E-state index in [0.29, 0.717) is 27.2 Å². The molecule has 2 aromatic rings. The number of furan rings is 1. The minimum Gasteiger partial charge on any atom is -0.461 e. The van der Waals surface area contributed by atoms with E-state index in [-0.39, 0.29) is 6.04 Å². The van der Waals surface area contributed by atoms with Crippen LogP contribution in [0.15, 0.2) is 33.2 Å². The van der Waals surface area contributed by atoms with E-state index in [9.17, 15) is 4.39 Å². The van der Waals surface area contributed by atoms with Gasteiger partial charge in [-0.25, -0.2) is 4.39 Å². The molecule has 0 fully saturated rings. The van der Waals surface area contributed by atoms with Gasteiger partial charge in [0.1, 0.15) is 17.3 Å². The Morgan fingerprint density at radius 2 is 2.17 bits per heavy atom. The molecule has 0 aliphatic rings. The van der Waals surface area contributed by atoms with Gasteiger partial charge in [0.25, 0.3) is 0 Å². The van der Waals surface area contributed by atoms with Crippen LogP contribution in [0.1, 0.15) is 12.7 Å². The number of hydrogen-bond donors (Lipinski definition) is 1. The SMILES string of the molecule is CC(N)Cc1ccc(-c2c(Cl)cc(F)cc2Br)o1. The molecule has 0 saturated carbocycles. The topological polar surface area (TPSA) is 39.2 Å². The van der Waals surface area contributed by atoms with Crippen LogP contribution in [0.4, 0.5) is 4.39 Å². The van der Waals surface area contributed by atoms with Crippen LogP contribution in [0.3, 0.4) is 0 Å². The van der Waals surface area contributed by atoms with Gasteiger partial charge < -0.3 is 10.2 Å². The lowest BCUT2D eigenvalue weighted by Gasteiger charge is -2.05. The van der Waals surface area contributed by atoms with E-state index in [1.54, 1.807) is 0 Å². The van der Waals surface area contributed by atoms with Gasteiger partial charge in [0, 0.05) is 16.9 Å². The fourth-order valence-electron chi connectivity index (χ4n) is 1.72. The largest absolute Gasteiger partial charge is 0.461 e. The van der Waals surface area contributed by atoms with Crippen molar-refractivity contribution in [2.75, 3.05) is 0 Å². The highest BCUT2D eigenvalue weighted by atomic mass is 79.9. The first-order valence-electron chi connectivity index (χ1n) is 5.46. The quantitative estimate of drug-likeness (QED) is 0.905. The number of halogens is 3. The lowest BCUT2D eigenvalue weighted by atomic mass is 10.1. The average molecular weight is 333 g/mol. The van der Waals surface area contributed by atoms with Crippen molar-refractivity contribution in [2.24, 2.45) is 5.73 Å². The zero-order chi connectivity index (χ0) is 13.3. The van der Waals surface area contributed by atoms with Crippen LogP contribution in [-0.2, 0) is 6.42 Å². The molecule has 0 bridgehead atoms. The van der Waals surface area contributed by atoms with Crippen LogP contribution >= 0.6 is 27.5 Å². The first kappa shape index (κ1) is 13.6. The van der Waals surface area contributed by atoms with Gasteiger partial charge in [0.05, 0.1) is 10.6 Å². The van der Waals surface area contributed by atoms with Crippen LogP contribution in [0.2, 0.25) is 5.02 Å². The monoisotopic (exact) mass is 331 g/mol. The van der Waals surface area contributed by atoms with Crippen molar-refractivity contribution in [3.63, 3.8) is 0 Å². The van der Waals surface area contributed by atoms with E-state index in [4.69, 9.17) is 21.8 Å². The Hall–Kier alpha value is -0.840. The fourth-order valence-corrected chi connectivity index (χ4v) is 2.76. The molecular formula is C13H12BrClFNO. The third kappa shape index (κ3) is 2.94. The molecule has 0 spiro atoms. The molecule has 5 heteroatoms. The Bertz CT molecular complexity index is 545. The van der Waals surface area contributed by atoms with Crippen molar-refractivity contribution in [2.45, 2.75) is 19.4 Å². The second kappa shape index (κ2) is 5.43. The van der Waals surface area contributed by atoms with Crippen molar-refractivity contribution < 1.29 is 8.81 Å². The van der Waals surface area contributed by atoms with E-state index in [2.05, 4.69) is 15.9 Å². The molecule has 0 aliphatic carbocycles. The standard InChI is InChI=1S/C13H12BrClFNO/c1-7(17)4-9-2-3-12(18-9)13-10(14)5-8(16)6-11(13)15/h2-3,5-7H,4,17H2,1H3. The van der Waals surface area contributed by atoms with Crippen LogP contribution in [0.5, 0.6) is 0 Å². The summed E-state index contributed by atoms with van der Waals surface area (Å²) in [6.07, 6.45) is 0.649. The summed E-state index contributed by atoms with van der Waals surface area (Å²) in [5.41, 5.74) is 6.35. The first-order valence-corrected chi connectivity index (χ1v) is 6.63. The zero-order valence-corrected chi connectivity index (χ0v) is 12.1. The normalized spacial score (nSPS) is 12.7. The number of hydrogen-bond acceptors (Lipinski definition) is 2. The molecule has 0 saturated heterocycles. The predicted molar refractivity (Wildman–Crippen MR) is 74.2 cm³/mol. The van der Waals surface area contributed by atoms with Gasteiger partial charge in [-0.1, -0.05) is 11.6 Å². The van der Waals surface area contributed by atoms with Gasteiger partial charge in [-0.05, 0) is 47.1 Å². The lowest BCUT2D eigenvalue weighted by molar-refractivity contribution is 0.503. The van der Waals surface area contributed by atoms with Crippen molar-refractivity contribution >= 4 is 27.5 Å². The number of rotatable bonds is 3. The van der Waals surface area contributed by atoms with E-state index >= 15 is 0 Å². The third-order valence-corrected chi connectivity index (χ3v) is 3.36. The van der Waals surface area contributed by atoms with E-state index in [0.717, 1.165) is 5.76 Å². The number of nitrogens with two attached hydrogens (primary N) is 1. The fraction of sp³-hybridized carbons (Fsp3) is 0.231. The van der Waals surface area contributed by atoms with Gasteiger partial charge in [-0.3, -0.25) is 0 Å². The molecule has 0 aliphatic heterocycles. The summed E-state index contributed by atoms with van der Waals surface area (Å²) in [6.45, 7) is 1.91. The maximum atomic E-state index is 13.1. The Labute approximate surface area is 118 Å². The third-order valence-electron chi connectivity index (χ3n) is 2.44. The van der Waals surface area contributed by atoms with Gasteiger partial charge in [-0.2, -0.15) is 0 Å². The second-order valence-electron chi connectivity index (χ2n) is 4.19. The summed E-state index contributed by atoms with van der Waals surface area (Å²) in [7, 11) is 0. The van der Waals surface area contributed by atoms with Crippen molar-refractivity contribution in [1.82, 2.24) is 0 Å². The maximum absolute atomic E-state index is 13.1. The molecular weight excluding hydrogens is 321 g/mol. The van der Waals surface area contributed by atoms with E-state index < -0.39 is 5.82 Å². The number of benzene rings is 1. The Morgan fingerprint density at radius 1 is 1.44 bits per heavy atom. The second-order valence-corrected chi connectivity index (χ2v) is 5.45. The van der Waals surface area contributed by atoms with E-state index in [1.165, 1.54) is 12.1 Å². The van der Waals surface area contributed by atoms with Crippen LogP contribution < -0.4 is 5.73 Å².